The number of H-pyrrole nitrogens is 1. The van der Waals surface area contributed by atoms with Crippen LogP contribution in [0.3, 0.4) is 0 Å². The average Bonchev–Trinajstić information content (AvgIpc) is 2.85. The molecule has 0 amide bonds. The van der Waals surface area contributed by atoms with Crippen molar-refractivity contribution in [1.29, 1.82) is 0 Å². The number of hydrogen-bond acceptors (Lipinski definition) is 8. The molecular formula is C13H13N3O8. The van der Waals surface area contributed by atoms with Crippen molar-refractivity contribution in [3.05, 3.63) is 38.5 Å². The summed E-state index contributed by atoms with van der Waals surface area (Å²) in [5.41, 5.74) is -2.26. The lowest BCUT2D eigenvalue weighted by Crippen LogP contribution is -2.39. The number of rotatable bonds is 3. The molecule has 11 heteroatoms. The Bertz CT molecular complexity index is 920. The molecule has 0 aliphatic carbocycles. The molecule has 128 valence electrons. The van der Waals surface area contributed by atoms with Gasteiger partial charge < -0.3 is 25.2 Å². The van der Waals surface area contributed by atoms with Crippen LogP contribution in [0.4, 0.5) is 0 Å². The van der Waals surface area contributed by atoms with E-state index in [1.165, 1.54) is 0 Å². The van der Waals surface area contributed by atoms with E-state index in [-0.39, 0.29) is 16.5 Å². The molecule has 0 spiro atoms. The molecule has 2 aromatic heterocycles. The molecule has 0 bridgehead atoms. The van der Waals surface area contributed by atoms with E-state index >= 15 is 0 Å². The van der Waals surface area contributed by atoms with E-state index in [1.54, 1.807) is 0 Å². The third kappa shape index (κ3) is 2.39. The zero-order valence-corrected chi connectivity index (χ0v) is 12.0. The normalized spacial score (nSPS) is 26.8. The maximum absolute atomic E-state index is 12.4. The minimum atomic E-state index is -1.56. The van der Waals surface area contributed by atoms with Crippen molar-refractivity contribution in [3.63, 3.8) is 0 Å². The Balaban J connectivity index is 2.16. The van der Waals surface area contributed by atoms with Gasteiger partial charge in [0.05, 0.1) is 17.6 Å². The lowest BCUT2D eigenvalue weighted by Gasteiger charge is -2.17. The summed E-state index contributed by atoms with van der Waals surface area (Å²) in [6.45, 7) is -0.596. The molecule has 1 fully saturated rings. The van der Waals surface area contributed by atoms with Crippen molar-refractivity contribution in [3.8, 4) is 0 Å². The van der Waals surface area contributed by atoms with Gasteiger partial charge in [-0.15, -0.1) is 0 Å². The first-order valence-electron chi connectivity index (χ1n) is 6.85. The number of nitrogens with zero attached hydrogens (tertiary/aromatic N) is 2. The molecule has 1 aliphatic heterocycles. The first-order valence-corrected chi connectivity index (χ1v) is 6.85. The Hall–Kier alpha value is -2.60. The summed E-state index contributed by atoms with van der Waals surface area (Å²) in [5, 5.41) is 39.6. The summed E-state index contributed by atoms with van der Waals surface area (Å²) in [4.78, 5) is 39.2. The maximum atomic E-state index is 12.4. The highest BCUT2D eigenvalue weighted by Gasteiger charge is 2.44. The number of nitrogens with one attached hydrogen (secondary N) is 1. The lowest BCUT2D eigenvalue weighted by atomic mass is 10.1. The van der Waals surface area contributed by atoms with Crippen molar-refractivity contribution in [2.24, 2.45) is 0 Å². The van der Waals surface area contributed by atoms with Crippen molar-refractivity contribution in [2.75, 3.05) is 6.61 Å². The highest BCUT2D eigenvalue weighted by Crippen LogP contribution is 2.27. The number of fused-ring (bicyclic) bond motifs is 1. The summed E-state index contributed by atoms with van der Waals surface area (Å²) in [6, 6.07) is 1.01. The molecule has 4 atom stereocenters. The van der Waals surface area contributed by atoms with Gasteiger partial charge in [0.2, 0.25) is 0 Å². The summed E-state index contributed by atoms with van der Waals surface area (Å²) in [7, 11) is 0. The minimum Gasteiger partial charge on any atom is -0.478 e. The number of carboxylic acid groups (broad SMARTS) is 1. The topological polar surface area (TPSA) is 175 Å². The van der Waals surface area contributed by atoms with Gasteiger partial charge in [-0.2, -0.15) is 0 Å². The van der Waals surface area contributed by atoms with Crippen LogP contribution >= 0.6 is 0 Å². The summed E-state index contributed by atoms with van der Waals surface area (Å²) in [6.07, 6.45) is -4.64. The van der Waals surface area contributed by atoms with E-state index in [2.05, 4.69) is 10.1 Å². The van der Waals surface area contributed by atoms with Crippen LogP contribution < -0.4 is 11.1 Å². The van der Waals surface area contributed by atoms with Crippen LogP contribution in [0.1, 0.15) is 16.6 Å². The Morgan fingerprint density at radius 3 is 2.62 bits per heavy atom. The van der Waals surface area contributed by atoms with Gasteiger partial charge in [-0.05, 0) is 6.07 Å². The van der Waals surface area contributed by atoms with Crippen LogP contribution in [0, 0.1) is 0 Å². The number of ether oxygens (including phenoxy) is 1. The highest BCUT2D eigenvalue weighted by molar-refractivity contribution is 5.91. The molecule has 0 saturated carbocycles. The molecular weight excluding hydrogens is 326 g/mol. The molecule has 2 aromatic rings. The van der Waals surface area contributed by atoms with Crippen LogP contribution in [0.2, 0.25) is 0 Å². The van der Waals surface area contributed by atoms with E-state index in [0.717, 1.165) is 12.3 Å². The average molecular weight is 339 g/mol. The minimum absolute atomic E-state index is 0.233. The largest absolute Gasteiger partial charge is 0.478 e. The van der Waals surface area contributed by atoms with Crippen LogP contribution in [0.5, 0.6) is 0 Å². The number of carboxylic acids is 1. The zero-order chi connectivity index (χ0) is 17.6. The monoisotopic (exact) mass is 339 g/mol. The van der Waals surface area contributed by atoms with Crippen LogP contribution in [0.25, 0.3) is 10.9 Å². The fraction of sp³-hybridized carbons (Fsp3) is 0.385. The number of hydrogen-bond donors (Lipinski definition) is 5. The van der Waals surface area contributed by atoms with Crippen molar-refractivity contribution >= 4 is 16.9 Å². The summed E-state index contributed by atoms with van der Waals surface area (Å²) in [5.74, 6) is -1.31. The third-order valence-electron chi connectivity index (χ3n) is 3.79. The van der Waals surface area contributed by atoms with Crippen molar-refractivity contribution in [1.82, 2.24) is 14.8 Å². The fourth-order valence-corrected chi connectivity index (χ4v) is 2.53. The van der Waals surface area contributed by atoms with Gasteiger partial charge >= 0.3 is 5.97 Å². The second-order valence-electron chi connectivity index (χ2n) is 5.27. The van der Waals surface area contributed by atoms with Gasteiger partial charge in [0.25, 0.3) is 11.1 Å². The first kappa shape index (κ1) is 16.3. The fourth-order valence-electron chi connectivity index (χ4n) is 2.53. The number of aliphatic hydroxyl groups excluding tert-OH is 3. The van der Waals surface area contributed by atoms with Gasteiger partial charge in [-0.1, -0.05) is 0 Å². The smallest absolute Gasteiger partial charge is 0.337 e. The molecule has 24 heavy (non-hydrogen) atoms. The van der Waals surface area contributed by atoms with Crippen LogP contribution in [-0.2, 0) is 4.74 Å². The van der Waals surface area contributed by atoms with E-state index in [9.17, 15) is 24.6 Å². The number of carbonyl (C=O) groups is 1. The predicted octanol–water partition coefficient (Wildman–Crippen LogP) is -2.61. The Morgan fingerprint density at radius 2 is 2.04 bits per heavy atom. The highest BCUT2D eigenvalue weighted by atomic mass is 16.6. The molecule has 0 unspecified atom stereocenters. The maximum Gasteiger partial charge on any atom is 0.337 e. The quantitative estimate of drug-likeness (QED) is 0.401. The van der Waals surface area contributed by atoms with E-state index in [1.807, 2.05) is 0 Å². The van der Waals surface area contributed by atoms with E-state index in [4.69, 9.17) is 14.9 Å². The molecule has 11 nitrogen and oxygen atoms in total. The first-order chi connectivity index (χ1) is 11.3. The molecule has 1 aliphatic rings. The van der Waals surface area contributed by atoms with Crippen LogP contribution in [0.15, 0.2) is 21.9 Å². The van der Waals surface area contributed by atoms with Crippen molar-refractivity contribution < 1.29 is 30.0 Å². The second-order valence-corrected chi connectivity index (χ2v) is 5.27. The van der Waals surface area contributed by atoms with E-state index < -0.39 is 48.2 Å². The number of aliphatic hydroxyl groups is 3. The van der Waals surface area contributed by atoms with Gasteiger partial charge in [-0.25, -0.2) is 14.5 Å². The molecule has 0 radical (unpaired) electrons. The van der Waals surface area contributed by atoms with Gasteiger partial charge in [0.15, 0.2) is 6.23 Å². The number of pyridine rings is 1. The van der Waals surface area contributed by atoms with Gasteiger partial charge in [0.1, 0.15) is 23.8 Å². The SMILES string of the molecule is O=C(O)c1cnc2c(=O)n([C@@H]3O[C@H](CO)[C@@H](O)[C@H]3O)[nH]c(=O)c2c1. The summed E-state index contributed by atoms with van der Waals surface area (Å²) >= 11 is 0. The van der Waals surface area contributed by atoms with E-state index in [0.29, 0.717) is 4.68 Å². The third-order valence-corrected chi connectivity index (χ3v) is 3.79. The molecule has 5 N–H and O–H groups in total. The van der Waals surface area contributed by atoms with Gasteiger partial charge in [0, 0.05) is 6.20 Å². The Morgan fingerprint density at radius 1 is 1.33 bits per heavy atom. The second kappa shape index (κ2) is 5.79. The lowest BCUT2D eigenvalue weighted by molar-refractivity contribution is -0.0610. The molecule has 1 saturated heterocycles. The number of aromatic nitrogens is 3. The molecule has 3 rings (SSSR count). The number of aromatic carboxylic acids is 1. The Labute approximate surface area is 132 Å². The molecule has 0 aromatic carbocycles. The van der Waals surface area contributed by atoms with Crippen LogP contribution in [-0.4, -0.2) is 66.1 Å². The zero-order valence-electron chi connectivity index (χ0n) is 12.0. The standard InChI is InChI=1S/C13H13N3O8/c17-3-6-8(18)9(19)12(24-6)16-11(21)7-5(10(20)15-16)1-4(2-14-7)13(22)23/h1-2,6,8-9,12,17-19H,3H2,(H,15,20)(H,22,23)/t6-,8-,9-,12-/m1/s1. The van der Waals surface area contributed by atoms with Crippen molar-refractivity contribution in [2.45, 2.75) is 24.5 Å². The Kier molecular flexibility index (Phi) is 3.93. The number of aromatic amines is 1. The van der Waals surface area contributed by atoms with Gasteiger partial charge in [-0.3, -0.25) is 14.7 Å². The predicted molar refractivity (Wildman–Crippen MR) is 76.6 cm³/mol. The molecule has 3 heterocycles. The summed E-state index contributed by atoms with van der Waals surface area (Å²) < 4.78 is 5.84.